The fourth-order valence-electron chi connectivity index (χ4n) is 3.48. The molecule has 4 aromatic rings. The van der Waals surface area contributed by atoms with Gasteiger partial charge in [0.1, 0.15) is 0 Å². The van der Waals surface area contributed by atoms with Crippen molar-refractivity contribution >= 4 is 17.0 Å². The molecule has 0 N–H and O–H groups in total. The van der Waals surface area contributed by atoms with Gasteiger partial charge in [-0.25, -0.2) is 4.99 Å². The predicted molar refractivity (Wildman–Crippen MR) is 127 cm³/mol. The molecule has 0 aliphatic rings. The quantitative estimate of drug-likeness (QED) is 0.360. The number of hydrogen-bond acceptors (Lipinski definition) is 4. The molecule has 0 amide bonds. The van der Waals surface area contributed by atoms with Crippen LogP contribution in [0.3, 0.4) is 0 Å². The molecular weight excluding hydrogens is 404 g/mol. The van der Waals surface area contributed by atoms with Crippen LogP contribution in [-0.2, 0) is 13.0 Å². The van der Waals surface area contributed by atoms with E-state index in [9.17, 15) is 0 Å². The van der Waals surface area contributed by atoms with Gasteiger partial charge in [-0.1, -0.05) is 54.1 Å². The van der Waals surface area contributed by atoms with Crippen molar-refractivity contribution in [3.63, 3.8) is 0 Å². The molecule has 0 radical (unpaired) electrons. The van der Waals surface area contributed by atoms with Gasteiger partial charge in [0.25, 0.3) is 0 Å². The standard InChI is InChI=1S/C26H26N2O2S/c1-19-9-12-21(13-10-19)23-18-31-26(27-22-7-5-4-6-8-22)28(23)16-15-20-11-14-24(29-2)25(17-20)30-3/h4-14,17-18H,15-16H2,1-3H3. The highest BCUT2D eigenvalue weighted by molar-refractivity contribution is 7.07. The Morgan fingerprint density at radius 1 is 0.871 bits per heavy atom. The Hall–Kier alpha value is -3.31. The normalized spacial score (nSPS) is 11.5. The zero-order valence-electron chi connectivity index (χ0n) is 18.0. The van der Waals surface area contributed by atoms with Gasteiger partial charge in [-0.15, -0.1) is 11.3 Å². The Bertz CT molecular complexity index is 1210. The molecule has 1 aromatic heterocycles. The molecule has 0 aliphatic heterocycles. The van der Waals surface area contributed by atoms with Gasteiger partial charge >= 0.3 is 0 Å². The number of aromatic nitrogens is 1. The minimum absolute atomic E-state index is 0.745. The Balaban J connectivity index is 1.71. The van der Waals surface area contributed by atoms with Crippen LogP contribution in [0.15, 0.2) is 83.2 Å². The monoisotopic (exact) mass is 430 g/mol. The number of thiazole rings is 1. The Labute approximate surface area is 187 Å². The molecule has 4 rings (SSSR count). The summed E-state index contributed by atoms with van der Waals surface area (Å²) in [4.78, 5) is 5.90. The number of nitrogens with zero attached hydrogens (tertiary/aromatic N) is 2. The van der Waals surface area contributed by atoms with Gasteiger partial charge in [-0.3, -0.25) is 0 Å². The lowest BCUT2D eigenvalue weighted by molar-refractivity contribution is 0.354. The largest absolute Gasteiger partial charge is 0.493 e. The van der Waals surface area contributed by atoms with E-state index in [1.807, 2.05) is 42.5 Å². The summed E-state index contributed by atoms with van der Waals surface area (Å²) in [5.74, 6) is 1.50. The Morgan fingerprint density at radius 2 is 1.61 bits per heavy atom. The van der Waals surface area contributed by atoms with Crippen molar-refractivity contribution in [2.75, 3.05) is 14.2 Å². The van der Waals surface area contributed by atoms with Gasteiger partial charge in [0, 0.05) is 11.9 Å². The highest BCUT2D eigenvalue weighted by Gasteiger charge is 2.10. The van der Waals surface area contributed by atoms with Gasteiger partial charge in [-0.2, -0.15) is 0 Å². The molecule has 3 aromatic carbocycles. The smallest absolute Gasteiger partial charge is 0.190 e. The maximum atomic E-state index is 5.47. The SMILES string of the molecule is COc1ccc(CCn2c(-c3ccc(C)cc3)csc2=Nc2ccccc2)cc1OC. The Morgan fingerprint density at radius 3 is 2.32 bits per heavy atom. The van der Waals surface area contributed by atoms with E-state index in [4.69, 9.17) is 14.5 Å². The average molecular weight is 431 g/mol. The zero-order chi connectivity index (χ0) is 21.6. The van der Waals surface area contributed by atoms with Crippen molar-refractivity contribution < 1.29 is 9.47 Å². The fraction of sp³-hybridized carbons (Fsp3) is 0.192. The third kappa shape index (κ3) is 4.89. The summed E-state index contributed by atoms with van der Waals surface area (Å²) in [6.45, 7) is 2.92. The first-order valence-electron chi connectivity index (χ1n) is 10.2. The van der Waals surface area contributed by atoms with Crippen LogP contribution < -0.4 is 14.3 Å². The second-order valence-corrected chi connectivity index (χ2v) is 8.14. The van der Waals surface area contributed by atoms with E-state index in [0.29, 0.717) is 0 Å². The summed E-state index contributed by atoms with van der Waals surface area (Å²) in [6.07, 6.45) is 0.859. The first kappa shape index (κ1) is 20.9. The molecule has 31 heavy (non-hydrogen) atoms. The van der Waals surface area contributed by atoms with Crippen LogP contribution in [0.25, 0.3) is 11.3 Å². The number of methoxy groups -OCH3 is 2. The van der Waals surface area contributed by atoms with Crippen LogP contribution in [0.2, 0.25) is 0 Å². The van der Waals surface area contributed by atoms with Crippen LogP contribution >= 0.6 is 11.3 Å². The van der Waals surface area contributed by atoms with Crippen LogP contribution in [-0.4, -0.2) is 18.8 Å². The maximum Gasteiger partial charge on any atom is 0.190 e. The fourth-order valence-corrected chi connectivity index (χ4v) is 4.44. The molecule has 0 bridgehead atoms. The molecule has 1 heterocycles. The highest BCUT2D eigenvalue weighted by atomic mass is 32.1. The molecular formula is C26H26N2O2S. The average Bonchev–Trinajstić information content (AvgIpc) is 3.20. The molecule has 4 nitrogen and oxygen atoms in total. The zero-order valence-corrected chi connectivity index (χ0v) is 18.9. The van der Waals surface area contributed by atoms with Gasteiger partial charge in [0.2, 0.25) is 0 Å². The van der Waals surface area contributed by atoms with Crippen molar-refractivity contribution in [1.29, 1.82) is 0 Å². The van der Waals surface area contributed by atoms with Crippen LogP contribution in [0.1, 0.15) is 11.1 Å². The van der Waals surface area contributed by atoms with E-state index in [1.54, 1.807) is 25.6 Å². The molecule has 0 spiro atoms. The second kappa shape index (κ2) is 9.67. The van der Waals surface area contributed by atoms with E-state index in [0.717, 1.165) is 35.0 Å². The minimum atomic E-state index is 0.745. The molecule has 0 saturated carbocycles. The van der Waals surface area contributed by atoms with Gasteiger partial charge < -0.3 is 14.0 Å². The number of benzene rings is 3. The van der Waals surface area contributed by atoms with Crippen molar-refractivity contribution in [3.8, 4) is 22.8 Å². The molecule has 0 fully saturated rings. The van der Waals surface area contributed by atoms with Gasteiger partial charge in [0.05, 0.1) is 25.6 Å². The minimum Gasteiger partial charge on any atom is -0.493 e. The number of para-hydroxylation sites is 1. The number of ether oxygens (including phenoxy) is 2. The lowest BCUT2D eigenvalue weighted by atomic mass is 10.1. The van der Waals surface area contributed by atoms with Crippen LogP contribution in [0, 0.1) is 6.92 Å². The van der Waals surface area contributed by atoms with Crippen molar-refractivity contribution in [1.82, 2.24) is 4.57 Å². The van der Waals surface area contributed by atoms with E-state index < -0.39 is 0 Å². The lowest BCUT2D eigenvalue weighted by Crippen LogP contribution is -2.17. The summed E-state index contributed by atoms with van der Waals surface area (Å²) in [6, 6.07) is 24.9. The van der Waals surface area contributed by atoms with Crippen LogP contribution in [0.4, 0.5) is 5.69 Å². The predicted octanol–water partition coefficient (Wildman–Crippen LogP) is 6.02. The molecule has 0 saturated heterocycles. The topological polar surface area (TPSA) is 35.8 Å². The molecule has 0 atom stereocenters. The highest BCUT2D eigenvalue weighted by Crippen LogP contribution is 2.28. The molecule has 5 heteroatoms. The van der Waals surface area contributed by atoms with Crippen molar-refractivity contribution in [3.05, 3.63) is 94.1 Å². The van der Waals surface area contributed by atoms with Gasteiger partial charge in [0.15, 0.2) is 16.3 Å². The van der Waals surface area contributed by atoms with Crippen molar-refractivity contribution in [2.45, 2.75) is 19.9 Å². The van der Waals surface area contributed by atoms with E-state index in [-0.39, 0.29) is 0 Å². The maximum absolute atomic E-state index is 5.47. The summed E-state index contributed by atoms with van der Waals surface area (Å²) >= 11 is 1.67. The van der Waals surface area contributed by atoms with Crippen molar-refractivity contribution in [2.24, 2.45) is 4.99 Å². The summed E-state index contributed by atoms with van der Waals surface area (Å²) in [5, 5.41) is 2.20. The molecule has 0 unspecified atom stereocenters. The van der Waals surface area contributed by atoms with Gasteiger partial charge in [-0.05, 0) is 48.7 Å². The third-order valence-corrected chi connectivity index (χ3v) is 6.06. The molecule has 0 aliphatic carbocycles. The molecule has 158 valence electrons. The Kier molecular flexibility index (Phi) is 6.53. The van der Waals surface area contributed by atoms with E-state index in [2.05, 4.69) is 47.2 Å². The number of rotatable bonds is 7. The van der Waals surface area contributed by atoms with Crippen LogP contribution in [0.5, 0.6) is 11.5 Å². The second-order valence-electron chi connectivity index (χ2n) is 7.31. The number of aryl methyl sites for hydroxylation is 2. The third-order valence-electron chi connectivity index (χ3n) is 5.20. The summed E-state index contributed by atoms with van der Waals surface area (Å²) < 4.78 is 13.1. The first-order chi connectivity index (χ1) is 15.2. The van der Waals surface area contributed by atoms with E-state index >= 15 is 0 Å². The summed E-state index contributed by atoms with van der Waals surface area (Å²) in [7, 11) is 3.32. The number of hydrogen-bond donors (Lipinski definition) is 0. The summed E-state index contributed by atoms with van der Waals surface area (Å²) in [5.41, 5.74) is 5.78. The first-order valence-corrected chi connectivity index (χ1v) is 11.1. The lowest BCUT2D eigenvalue weighted by Gasteiger charge is -2.12. The van der Waals surface area contributed by atoms with E-state index in [1.165, 1.54) is 22.4 Å².